The summed E-state index contributed by atoms with van der Waals surface area (Å²) in [5.74, 6) is 0.0540. The highest BCUT2D eigenvalue weighted by Gasteiger charge is 2.33. The molecule has 2 unspecified atom stereocenters. The molecule has 7 heteroatoms. The largest absolute Gasteiger partial charge is 0.433 e. The van der Waals surface area contributed by atoms with E-state index in [1.165, 1.54) is 7.11 Å². The quantitative estimate of drug-likeness (QED) is 0.846. The fraction of sp³-hybridized carbons (Fsp3) is 0.583. The lowest BCUT2D eigenvalue weighted by molar-refractivity contribution is -0.141. The van der Waals surface area contributed by atoms with Gasteiger partial charge in [0.15, 0.2) is 0 Å². The van der Waals surface area contributed by atoms with Crippen LogP contribution in [0.3, 0.4) is 0 Å². The standard InChI is InChI=1S/C12H15ClF3NO2/c1-7(6-19-2)5-9(18)8-3-4-10(12(14,15)16)17-11(8)13/h3-4,7,9,18H,5-6H2,1-2H3. The summed E-state index contributed by atoms with van der Waals surface area (Å²) in [6.45, 7) is 2.31. The van der Waals surface area contributed by atoms with Crippen LogP contribution in [0.15, 0.2) is 12.1 Å². The van der Waals surface area contributed by atoms with E-state index in [1.54, 1.807) is 0 Å². The van der Waals surface area contributed by atoms with Crippen LogP contribution in [0.25, 0.3) is 0 Å². The van der Waals surface area contributed by atoms with E-state index in [4.69, 9.17) is 16.3 Å². The Bertz CT molecular complexity index is 426. The van der Waals surface area contributed by atoms with Gasteiger partial charge >= 0.3 is 6.18 Å². The number of halogens is 4. The molecule has 0 fully saturated rings. The summed E-state index contributed by atoms with van der Waals surface area (Å²) in [6.07, 6.45) is -5.18. The number of nitrogens with zero attached hydrogens (tertiary/aromatic N) is 1. The van der Waals surface area contributed by atoms with Crippen molar-refractivity contribution < 1.29 is 23.0 Å². The van der Waals surface area contributed by atoms with Gasteiger partial charge in [0.2, 0.25) is 0 Å². The van der Waals surface area contributed by atoms with E-state index in [2.05, 4.69) is 4.98 Å². The average Bonchev–Trinajstić information content (AvgIpc) is 2.27. The first-order valence-corrected chi connectivity index (χ1v) is 6.04. The van der Waals surface area contributed by atoms with Gasteiger partial charge in [-0.1, -0.05) is 24.6 Å². The summed E-state index contributed by atoms with van der Waals surface area (Å²) >= 11 is 5.69. The van der Waals surface area contributed by atoms with E-state index in [0.29, 0.717) is 13.0 Å². The molecule has 1 N–H and O–H groups in total. The molecule has 0 aliphatic carbocycles. The number of pyridine rings is 1. The van der Waals surface area contributed by atoms with Crippen LogP contribution in [0.4, 0.5) is 13.2 Å². The van der Waals surface area contributed by atoms with Gasteiger partial charge in [0.25, 0.3) is 0 Å². The molecule has 0 amide bonds. The summed E-state index contributed by atoms with van der Waals surface area (Å²) in [7, 11) is 1.54. The summed E-state index contributed by atoms with van der Waals surface area (Å²) in [5, 5.41) is 9.60. The number of methoxy groups -OCH3 is 1. The molecule has 2 atom stereocenters. The third-order valence-corrected chi connectivity index (χ3v) is 2.91. The van der Waals surface area contributed by atoms with E-state index in [0.717, 1.165) is 12.1 Å². The van der Waals surface area contributed by atoms with Gasteiger partial charge in [-0.2, -0.15) is 13.2 Å². The van der Waals surface area contributed by atoms with Crippen LogP contribution in [0.2, 0.25) is 5.15 Å². The second kappa shape index (κ2) is 6.54. The Morgan fingerprint density at radius 1 is 1.42 bits per heavy atom. The zero-order valence-corrected chi connectivity index (χ0v) is 11.3. The Kier molecular flexibility index (Phi) is 5.58. The van der Waals surface area contributed by atoms with Gasteiger partial charge in [-0.3, -0.25) is 0 Å². The van der Waals surface area contributed by atoms with E-state index < -0.39 is 18.0 Å². The molecule has 0 aliphatic rings. The first-order chi connectivity index (χ1) is 8.75. The van der Waals surface area contributed by atoms with Crippen LogP contribution in [0, 0.1) is 5.92 Å². The van der Waals surface area contributed by atoms with Crippen molar-refractivity contribution in [2.75, 3.05) is 13.7 Å². The number of alkyl halides is 3. The number of aliphatic hydroxyl groups excluding tert-OH is 1. The number of hydrogen-bond donors (Lipinski definition) is 1. The number of aromatic nitrogens is 1. The maximum Gasteiger partial charge on any atom is 0.433 e. The Hall–Kier alpha value is -0.850. The SMILES string of the molecule is COCC(C)CC(O)c1ccc(C(F)(F)F)nc1Cl. The topological polar surface area (TPSA) is 42.4 Å². The minimum absolute atomic E-state index is 0.0540. The van der Waals surface area contributed by atoms with Gasteiger partial charge in [-0.05, 0) is 18.4 Å². The van der Waals surface area contributed by atoms with Crippen LogP contribution in [-0.2, 0) is 10.9 Å². The van der Waals surface area contributed by atoms with Crippen LogP contribution >= 0.6 is 11.6 Å². The molecule has 0 spiro atoms. The summed E-state index contributed by atoms with van der Waals surface area (Å²) in [4.78, 5) is 3.27. The molecule has 3 nitrogen and oxygen atoms in total. The maximum absolute atomic E-state index is 12.4. The molecule has 0 bridgehead atoms. The highest BCUT2D eigenvalue weighted by atomic mass is 35.5. The second-order valence-corrected chi connectivity index (χ2v) is 4.74. The molecule has 1 aromatic rings. The Morgan fingerprint density at radius 2 is 2.05 bits per heavy atom. The lowest BCUT2D eigenvalue weighted by Crippen LogP contribution is -2.12. The zero-order valence-electron chi connectivity index (χ0n) is 10.5. The summed E-state index contributed by atoms with van der Waals surface area (Å²) in [5.41, 5.74) is -0.879. The van der Waals surface area contributed by atoms with Gasteiger partial charge in [0.05, 0.1) is 6.10 Å². The van der Waals surface area contributed by atoms with Gasteiger partial charge in [-0.15, -0.1) is 0 Å². The zero-order chi connectivity index (χ0) is 14.6. The molecular weight excluding hydrogens is 283 g/mol. The number of rotatable bonds is 5. The normalized spacial score (nSPS) is 15.3. The van der Waals surface area contributed by atoms with Crippen LogP contribution in [0.1, 0.15) is 30.7 Å². The lowest BCUT2D eigenvalue weighted by Gasteiger charge is -2.17. The van der Waals surface area contributed by atoms with E-state index >= 15 is 0 Å². The molecule has 0 aliphatic heterocycles. The molecule has 0 saturated carbocycles. The molecule has 0 aromatic carbocycles. The molecule has 1 aromatic heterocycles. The predicted octanol–water partition coefficient (Wildman–Crippen LogP) is 3.46. The first-order valence-electron chi connectivity index (χ1n) is 5.66. The molecule has 0 saturated heterocycles. The molecule has 19 heavy (non-hydrogen) atoms. The van der Waals surface area contributed by atoms with E-state index in [9.17, 15) is 18.3 Å². The maximum atomic E-state index is 12.4. The van der Waals surface area contributed by atoms with Crippen LogP contribution in [0.5, 0.6) is 0 Å². The van der Waals surface area contributed by atoms with Crippen molar-refractivity contribution in [2.24, 2.45) is 5.92 Å². The average molecular weight is 298 g/mol. The fourth-order valence-corrected chi connectivity index (χ4v) is 1.99. The van der Waals surface area contributed by atoms with Crippen molar-refractivity contribution in [2.45, 2.75) is 25.6 Å². The monoisotopic (exact) mass is 297 g/mol. The summed E-state index contributed by atoms with van der Waals surface area (Å²) in [6, 6.07) is 1.97. The highest BCUT2D eigenvalue weighted by Crippen LogP contribution is 2.32. The van der Waals surface area contributed by atoms with Crippen molar-refractivity contribution in [3.63, 3.8) is 0 Å². The second-order valence-electron chi connectivity index (χ2n) is 4.39. The Labute approximate surface area is 114 Å². The van der Waals surface area contributed by atoms with Crippen LogP contribution in [-0.4, -0.2) is 23.8 Å². The highest BCUT2D eigenvalue weighted by molar-refractivity contribution is 6.30. The molecule has 1 rings (SSSR count). The third kappa shape index (κ3) is 4.63. The molecule has 0 radical (unpaired) electrons. The molecular formula is C12H15ClF3NO2. The van der Waals surface area contributed by atoms with E-state index in [1.807, 2.05) is 6.92 Å². The van der Waals surface area contributed by atoms with Gasteiger partial charge in [0, 0.05) is 19.3 Å². The van der Waals surface area contributed by atoms with Crippen molar-refractivity contribution in [1.82, 2.24) is 4.98 Å². The number of hydrogen-bond acceptors (Lipinski definition) is 3. The van der Waals surface area contributed by atoms with Crippen molar-refractivity contribution >= 4 is 11.6 Å². The molecule has 108 valence electrons. The lowest BCUT2D eigenvalue weighted by atomic mass is 10.00. The number of ether oxygens (including phenoxy) is 1. The van der Waals surface area contributed by atoms with Crippen molar-refractivity contribution in [3.05, 3.63) is 28.5 Å². The van der Waals surface area contributed by atoms with Gasteiger partial charge < -0.3 is 9.84 Å². The summed E-state index contributed by atoms with van der Waals surface area (Å²) < 4.78 is 42.2. The van der Waals surface area contributed by atoms with Crippen molar-refractivity contribution in [3.8, 4) is 0 Å². The minimum atomic E-state index is -4.55. The number of aliphatic hydroxyl groups is 1. The van der Waals surface area contributed by atoms with Gasteiger partial charge in [-0.25, -0.2) is 4.98 Å². The third-order valence-electron chi connectivity index (χ3n) is 2.60. The van der Waals surface area contributed by atoms with Crippen molar-refractivity contribution in [1.29, 1.82) is 0 Å². The van der Waals surface area contributed by atoms with Crippen LogP contribution < -0.4 is 0 Å². The minimum Gasteiger partial charge on any atom is -0.388 e. The van der Waals surface area contributed by atoms with Gasteiger partial charge in [0.1, 0.15) is 10.8 Å². The molecule has 1 heterocycles. The smallest absolute Gasteiger partial charge is 0.388 e. The van der Waals surface area contributed by atoms with E-state index in [-0.39, 0.29) is 16.6 Å². The Balaban J connectivity index is 2.84. The first kappa shape index (κ1) is 16.2. The predicted molar refractivity (Wildman–Crippen MR) is 64.9 cm³/mol. The Morgan fingerprint density at radius 3 is 2.53 bits per heavy atom. The fourth-order valence-electron chi connectivity index (χ4n) is 1.71.